The van der Waals surface area contributed by atoms with Crippen LogP contribution in [0.4, 0.5) is 4.39 Å². The number of rotatable bonds is 3. The summed E-state index contributed by atoms with van der Waals surface area (Å²) in [7, 11) is 0. The largest absolute Gasteiger partial charge is 0.397 e. The lowest BCUT2D eigenvalue weighted by molar-refractivity contribution is 0.628. The molecule has 0 saturated heterocycles. The minimum atomic E-state index is -0.480. The Morgan fingerprint density at radius 1 is 1.24 bits per heavy atom. The highest BCUT2D eigenvalue weighted by atomic mass is 35.5. The van der Waals surface area contributed by atoms with Crippen LogP contribution < -0.4 is 5.73 Å². The van der Waals surface area contributed by atoms with Crippen LogP contribution in [-0.2, 0) is 0 Å². The second-order valence-electron chi connectivity index (χ2n) is 5.41. The first-order chi connectivity index (χ1) is 12.0. The summed E-state index contributed by atoms with van der Waals surface area (Å²) >= 11 is 5.88. The van der Waals surface area contributed by atoms with E-state index in [1.54, 1.807) is 23.1 Å². The van der Waals surface area contributed by atoms with Crippen molar-refractivity contribution in [3.63, 3.8) is 0 Å². The summed E-state index contributed by atoms with van der Waals surface area (Å²) in [6.07, 6.45) is 3.16. The van der Waals surface area contributed by atoms with E-state index in [0.29, 0.717) is 39.7 Å². The van der Waals surface area contributed by atoms with Crippen molar-refractivity contribution in [2.75, 3.05) is 0 Å². The van der Waals surface area contributed by atoms with Crippen molar-refractivity contribution in [1.29, 1.82) is 0 Å². The first kappa shape index (κ1) is 15.3. The number of nitrogens with one attached hydrogen (secondary N) is 1. The minimum absolute atomic E-state index is 0.0335. The fourth-order valence-electron chi connectivity index (χ4n) is 2.58. The van der Waals surface area contributed by atoms with Gasteiger partial charge >= 0.3 is 0 Å². The van der Waals surface area contributed by atoms with Crippen LogP contribution in [0.2, 0.25) is 5.02 Å². The molecule has 0 fully saturated rings. The number of hydrogen-bond donors (Lipinski definition) is 2. The lowest BCUT2D eigenvalue weighted by atomic mass is 10.1. The minimum Gasteiger partial charge on any atom is -0.397 e. The average molecular weight is 355 g/mol. The van der Waals surface area contributed by atoms with Crippen molar-refractivity contribution < 1.29 is 4.39 Å². The molecule has 4 rings (SSSR count). The third-order valence-corrected chi connectivity index (χ3v) is 4.07. The van der Waals surface area contributed by atoms with Crippen LogP contribution in [0, 0.1) is 5.82 Å². The smallest absolute Gasteiger partial charge is 0.154 e. The van der Waals surface area contributed by atoms with Crippen LogP contribution in [0.5, 0.6) is 0 Å². The van der Waals surface area contributed by atoms with Crippen LogP contribution in [-0.4, -0.2) is 24.6 Å². The predicted octanol–water partition coefficient (Wildman–Crippen LogP) is 3.51. The van der Waals surface area contributed by atoms with E-state index < -0.39 is 5.82 Å². The quantitative estimate of drug-likeness (QED) is 0.589. The maximum absolute atomic E-state index is 13.4. The third-order valence-electron chi connectivity index (χ3n) is 3.78. The van der Waals surface area contributed by atoms with E-state index in [2.05, 4.69) is 26.6 Å². The molecule has 25 heavy (non-hydrogen) atoms. The van der Waals surface area contributed by atoms with Gasteiger partial charge in [-0.1, -0.05) is 18.2 Å². The summed E-state index contributed by atoms with van der Waals surface area (Å²) in [6.45, 7) is 3.73. The molecular formula is C17H12ClFN6. The van der Waals surface area contributed by atoms with Crippen LogP contribution in [0.1, 0.15) is 5.69 Å². The molecule has 3 N–H and O–H groups in total. The van der Waals surface area contributed by atoms with Gasteiger partial charge in [-0.3, -0.25) is 0 Å². The first-order valence-electron chi connectivity index (χ1n) is 7.33. The van der Waals surface area contributed by atoms with Gasteiger partial charge in [-0.25, -0.2) is 18.9 Å². The van der Waals surface area contributed by atoms with Crippen LogP contribution in [0.3, 0.4) is 0 Å². The van der Waals surface area contributed by atoms with Crippen molar-refractivity contribution in [1.82, 2.24) is 24.6 Å². The fraction of sp³-hybridized carbons (Fsp3) is 0. The Balaban J connectivity index is 1.87. The average Bonchev–Trinajstić information content (AvgIpc) is 3.23. The van der Waals surface area contributed by atoms with Crippen molar-refractivity contribution in [3.05, 3.63) is 66.0 Å². The van der Waals surface area contributed by atoms with Gasteiger partial charge in [0.1, 0.15) is 17.2 Å². The summed E-state index contributed by atoms with van der Waals surface area (Å²) in [5.74, 6) is -0.480. The van der Waals surface area contributed by atoms with E-state index in [0.717, 1.165) is 0 Å². The topological polar surface area (TPSA) is 84.9 Å². The molecule has 0 spiro atoms. The molecule has 6 nitrogen and oxygen atoms in total. The molecule has 1 aromatic carbocycles. The summed E-state index contributed by atoms with van der Waals surface area (Å²) < 4.78 is 15.0. The Bertz CT molecular complexity index is 1110. The van der Waals surface area contributed by atoms with Gasteiger partial charge in [0, 0.05) is 5.56 Å². The highest BCUT2D eigenvalue weighted by Crippen LogP contribution is 2.30. The number of imidazole rings is 2. The first-order valence-corrected chi connectivity index (χ1v) is 7.71. The molecule has 3 heterocycles. The predicted molar refractivity (Wildman–Crippen MR) is 94.2 cm³/mol. The second-order valence-corrected chi connectivity index (χ2v) is 5.82. The van der Waals surface area contributed by atoms with Crippen molar-refractivity contribution in [2.24, 2.45) is 5.73 Å². The van der Waals surface area contributed by atoms with Gasteiger partial charge in [-0.05, 0) is 30.3 Å². The van der Waals surface area contributed by atoms with Crippen molar-refractivity contribution >= 4 is 22.9 Å². The van der Waals surface area contributed by atoms with Crippen LogP contribution in [0.15, 0.2) is 49.4 Å². The summed E-state index contributed by atoms with van der Waals surface area (Å²) in [5.41, 5.74) is 10.0. The maximum Gasteiger partial charge on any atom is 0.154 e. The lowest BCUT2D eigenvalue weighted by Crippen LogP contribution is -2.03. The lowest BCUT2D eigenvalue weighted by Gasteiger charge is -2.06. The zero-order valence-corrected chi connectivity index (χ0v) is 13.6. The second kappa shape index (κ2) is 5.71. The third kappa shape index (κ3) is 2.54. The summed E-state index contributed by atoms with van der Waals surface area (Å²) in [5, 5.41) is 4.59. The maximum atomic E-state index is 13.4. The Hall–Kier alpha value is -3.19. The molecule has 3 aromatic heterocycles. The van der Waals surface area contributed by atoms with E-state index in [-0.39, 0.29) is 5.02 Å². The van der Waals surface area contributed by atoms with Gasteiger partial charge in [0.05, 0.1) is 34.6 Å². The zero-order chi connectivity index (χ0) is 17.6. The zero-order valence-electron chi connectivity index (χ0n) is 12.9. The van der Waals surface area contributed by atoms with Gasteiger partial charge < -0.3 is 10.7 Å². The Morgan fingerprint density at radius 3 is 2.84 bits per heavy atom. The Labute approximate surface area is 146 Å². The number of H-pyrrole nitrogens is 1. The molecule has 4 aromatic rings. The van der Waals surface area contributed by atoms with E-state index in [4.69, 9.17) is 17.3 Å². The molecule has 0 bridgehead atoms. The van der Waals surface area contributed by atoms with E-state index in [1.165, 1.54) is 12.1 Å². The normalized spacial score (nSPS) is 11.1. The summed E-state index contributed by atoms with van der Waals surface area (Å²) in [4.78, 5) is 11.6. The molecular weight excluding hydrogens is 343 g/mol. The standard InChI is InChI=1S/C17H12ClFN6/c1-9(20)14-7-21-15-5-4-13(24-25(14)15)17-16(22-8-23-17)10-2-3-12(19)11(18)6-10/h2-8H,1,20H2,(H,22,23). The molecule has 0 saturated carbocycles. The van der Waals surface area contributed by atoms with E-state index in [1.807, 2.05) is 12.1 Å². The molecule has 0 aliphatic carbocycles. The monoisotopic (exact) mass is 354 g/mol. The van der Waals surface area contributed by atoms with Crippen molar-refractivity contribution in [2.45, 2.75) is 0 Å². The van der Waals surface area contributed by atoms with Gasteiger partial charge in [-0.2, -0.15) is 5.10 Å². The number of benzene rings is 1. The van der Waals surface area contributed by atoms with Gasteiger partial charge in [0.25, 0.3) is 0 Å². The number of hydrogen-bond acceptors (Lipinski definition) is 4. The number of nitrogens with two attached hydrogens (primary N) is 1. The van der Waals surface area contributed by atoms with E-state index in [9.17, 15) is 4.39 Å². The van der Waals surface area contributed by atoms with Crippen LogP contribution in [0.25, 0.3) is 34.0 Å². The molecule has 0 aliphatic rings. The number of aromatic amines is 1. The van der Waals surface area contributed by atoms with Crippen LogP contribution >= 0.6 is 11.6 Å². The number of aromatic nitrogens is 5. The van der Waals surface area contributed by atoms with Gasteiger partial charge in [-0.15, -0.1) is 0 Å². The Morgan fingerprint density at radius 2 is 2.08 bits per heavy atom. The molecule has 0 unspecified atom stereocenters. The number of nitrogens with zero attached hydrogens (tertiary/aromatic N) is 4. The molecule has 8 heteroatoms. The van der Waals surface area contributed by atoms with Gasteiger partial charge in [0.15, 0.2) is 5.65 Å². The molecule has 0 amide bonds. The number of halogens is 2. The van der Waals surface area contributed by atoms with Gasteiger partial charge in [0.2, 0.25) is 0 Å². The molecule has 124 valence electrons. The SMILES string of the molecule is C=C(N)c1cnc2ccc(-c3[nH]cnc3-c3ccc(F)c(Cl)c3)nn12. The molecule has 0 radical (unpaired) electrons. The highest BCUT2D eigenvalue weighted by Gasteiger charge is 2.15. The molecule has 0 aliphatic heterocycles. The number of fused-ring (bicyclic) bond motifs is 1. The fourth-order valence-corrected chi connectivity index (χ4v) is 2.76. The van der Waals surface area contributed by atoms with Crippen molar-refractivity contribution in [3.8, 4) is 22.6 Å². The summed E-state index contributed by atoms with van der Waals surface area (Å²) in [6, 6.07) is 8.08. The van der Waals surface area contributed by atoms with E-state index >= 15 is 0 Å². The highest BCUT2D eigenvalue weighted by molar-refractivity contribution is 6.31. The Kier molecular flexibility index (Phi) is 3.51. The molecule has 0 atom stereocenters.